The number of aliphatic imine (C=N–C) groups is 1. The van der Waals surface area contributed by atoms with Crippen LogP contribution in [0.1, 0.15) is 71.3 Å². The van der Waals surface area contributed by atoms with Crippen LogP contribution in [-0.4, -0.2) is 67.1 Å². The second kappa shape index (κ2) is 13.9. The van der Waals surface area contributed by atoms with Gasteiger partial charge in [-0.3, -0.25) is 4.99 Å². The molecule has 0 unspecified atom stereocenters. The van der Waals surface area contributed by atoms with Gasteiger partial charge in [-0.25, -0.2) is 4.79 Å². The van der Waals surface area contributed by atoms with Crippen LogP contribution in [0.2, 0.25) is 0 Å². The Balaban J connectivity index is 0.00000512. The van der Waals surface area contributed by atoms with Gasteiger partial charge in [-0.1, -0.05) is 19.0 Å². The van der Waals surface area contributed by atoms with Crippen LogP contribution in [-0.2, 0) is 16.0 Å². The van der Waals surface area contributed by atoms with E-state index in [2.05, 4.69) is 39.5 Å². The lowest BCUT2D eigenvalue weighted by molar-refractivity contribution is 0.0169. The fraction of sp³-hybridized carbons (Fsp3) is 0.773. The zero-order valence-corrected chi connectivity index (χ0v) is 22.6. The number of hydrogen-bond donors (Lipinski definition) is 2. The molecule has 1 aliphatic heterocycles. The summed E-state index contributed by atoms with van der Waals surface area (Å²) in [6, 6.07) is 1.99. The molecule has 2 heterocycles. The van der Waals surface area contributed by atoms with Crippen LogP contribution in [0.25, 0.3) is 0 Å². The Morgan fingerprint density at radius 3 is 2.56 bits per heavy atom. The summed E-state index contributed by atoms with van der Waals surface area (Å²) in [6.07, 6.45) is 2.50. The summed E-state index contributed by atoms with van der Waals surface area (Å²) in [7, 11) is 1.79. The standard InChI is InChI=1S/C22H39N5O4.HI/c1-16(2)19-14-18(31-26-19)15-25-20(23-6)27-11-8-17(9-12-27)29-13-7-10-24-21(28)30-22(3,4)5;/h14,16-17H,7-13,15H2,1-6H3,(H,23,25)(H,24,28);1H. The van der Waals surface area contributed by atoms with Crippen molar-refractivity contribution in [3.63, 3.8) is 0 Å². The number of carbonyl (C=O) groups excluding carboxylic acids is 1. The average Bonchev–Trinajstić information content (AvgIpc) is 3.17. The van der Waals surface area contributed by atoms with Gasteiger partial charge in [0.05, 0.1) is 18.3 Å². The van der Waals surface area contributed by atoms with E-state index in [-0.39, 0.29) is 36.2 Å². The maximum atomic E-state index is 11.6. The minimum absolute atomic E-state index is 0. The summed E-state index contributed by atoms with van der Waals surface area (Å²) in [5, 5.41) is 10.2. The van der Waals surface area contributed by atoms with E-state index in [0.717, 1.165) is 49.8 Å². The fourth-order valence-corrected chi connectivity index (χ4v) is 3.24. The van der Waals surface area contributed by atoms with Gasteiger partial charge in [0.1, 0.15) is 5.60 Å². The third kappa shape index (κ3) is 10.4. The first-order valence-electron chi connectivity index (χ1n) is 11.2. The van der Waals surface area contributed by atoms with Crippen molar-refractivity contribution >= 4 is 36.0 Å². The number of amides is 1. The fourth-order valence-electron chi connectivity index (χ4n) is 3.24. The number of guanidine groups is 1. The first-order valence-corrected chi connectivity index (χ1v) is 11.2. The number of nitrogens with zero attached hydrogens (tertiary/aromatic N) is 3. The highest BCUT2D eigenvalue weighted by molar-refractivity contribution is 14.0. The Hall–Kier alpha value is -1.56. The molecule has 1 aromatic rings. The highest BCUT2D eigenvalue weighted by Crippen LogP contribution is 2.16. The van der Waals surface area contributed by atoms with Crippen LogP contribution in [0.3, 0.4) is 0 Å². The van der Waals surface area contributed by atoms with Crippen LogP contribution in [0.4, 0.5) is 4.79 Å². The molecule has 32 heavy (non-hydrogen) atoms. The van der Waals surface area contributed by atoms with Crippen molar-refractivity contribution in [1.29, 1.82) is 0 Å². The number of alkyl carbamates (subject to hydrolysis) is 1. The van der Waals surface area contributed by atoms with Gasteiger partial charge in [0.25, 0.3) is 0 Å². The summed E-state index contributed by atoms with van der Waals surface area (Å²) in [5.41, 5.74) is 0.488. The van der Waals surface area contributed by atoms with Gasteiger partial charge in [-0.15, -0.1) is 24.0 Å². The zero-order valence-electron chi connectivity index (χ0n) is 20.3. The van der Waals surface area contributed by atoms with Crippen LogP contribution < -0.4 is 10.6 Å². The van der Waals surface area contributed by atoms with E-state index >= 15 is 0 Å². The maximum Gasteiger partial charge on any atom is 0.407 e. The molecule has 1 amide bonds. The van der Waals surface area contributed by atoms with Crippen LogP contribution in [0, 0.1) is 0 Å². The van der Waals surface area contributed by atoms with E-state index < -0.39 is 5.60 Å². The molecule has 2 rings (SSSR count). The molecule has 1 aromatic heterocycles. The highest BCUT2D eigenvalue weighted by Gasteiger charge is 2.22. The number of rotatable bonds is 8. The minimum Gasteiger partial charge on any atom is -0.444 e. The van der Waals surface area contributed by atoms with E-state index in [4.69, 9.17) is 14.0 Å². The van der Waals surface area contributed by atoms with Gasteiger partial charge < -0.3 is 29.5 Å². The molecule has 184 valence electrons. The van der Waals surface area contributed by atoms with Gasteiger partial charge >= 0.3 is 6.09 Å². The first-order chi connectivity index (χ1) is 14.7. The molecule has 0 atom stereocenters. The van der Waals surface area contributed by atoms with Crippen molar-refractivity contribution in [2.75, 3.05) is 33.3 Å². The number of hydrogen-bond acceptors (Lipinski definition) is 6. The molecule has 0 aliphatic carbocycles. The highest BCUT2D eigenvalue weighted by atomic mass is 127. The lowest BCUT2D eigenvalue weighted by atomic mass is 10.1. The number of ether oxygens (including phenoxy) is 2. The normalized spacial score (nSPS) is 15.5. The summed E-state index contributed by atoms with van der Waals surface area (Å²) in [5.74, 6) is 2.02. The number of piperidine rings is 1. The van der Waals surface area contributed by atoms with E-state index in [1.165, 1.54) is 0 Å². The Morgan fingerprint density at radius 1 is 1.31 bits per heavy atom. The molecule has 1 saturated heterocycles. The number of halogens is 1. The largest absolute Gasteiger partial charge is 0.444 e. The number of nitrogens with one attached hydrogen (secondary N) is 2. The summed E-state index contributed by atoms with van der Waals surface area (Å²) in [6.45, 7) is 13.2. The molecule has 1 aliphatic rings. The monoisotopic (exact) mass is 565 g/mol. The molecule has 2 N–H and O–H groups in total. The number of likely N-dealkylation sites (tertiary alicyclic amines) is 1. The van der Waals surface area contributed by atoms with E-state index in [9.17, 15) is 4.79 Å². The van der Waals surface area contributed by atoms with Crippen molar-refractivity contribution in [1.82, 2.24) is 20.7 Å². The molecule has 0 radical (unpaired) electrons. The Labute approximate surface area is 209 Å². The van der Waals surface area contributed by atoms with Gasteiger partial charge in [-0.05, 0) is 46.0 Å². The Morgan fingerprint density at radius 2 is 2.00 bits per heavy atom. The van der Waals surface area contributed by atoms with Gasteiger partial charge in [0, 0.05) is 39.4 Å². The molecule has 9 nitrogen and oxygen atoms in total. The maximum absolute atomic E-state index is 11.6. The average molecular weight is 565 g/mol. The molecular formula is C22H40IN5O4. The Bertz CT molecular complexity index is 709. The lowest BCUT2D eigenvalue weighted by Crippen LogP contribution is -2.46. The molecule has 1 fully saturated rings. The van der Waals surface area contributed by atoms with Crippen LogP contribution in [0.5, 0.6) is 0 Å². The number of aromatic nitrogens is 1. The third-order valence-electron chi connectivity index (χ3n) is 4.89. The molecule has 10 heteroatoms. The van der Waals surface area contributed by atoms with E-state index in [0.29, 0.717) is 25.6 Å². The predicted octanol–water partition coefficient (Wildman–Crippen LogP) is 3.89. The molecule has 0 saturated carbocycles. The first kappa shape index (κ1) is 28.5. The second-order valence-electron chi connectivity index (χ2n) is 9.11. The quantitative estimate of drug-likeness (QED) is 0.214. The molecular weight excluding hydrogens is 525 g/mol. The number of carbonyl (C=O) groups is 1. The second-order valence-corrected chi connectivity index (χ2v) is 9.11. The van der Waals surface area contributed by atoms with Crippen molar-refractivity contribution in [2.24, 2.45) is 4.99 Å². The molecule has 0 bridgehead atoms. The zero-order chi connectivity index (χ0) is 22.9. The molecule has 0 spiro atoms. The van der Waals surface area contributed by atoms with Gasteiger partial charge in [-0.2, -0.15) is 0 Å². The minimum atomic E-state index is -0.476. The van der Waals surface area contributed by atoms with E-state index in [1.807, 2.05) is 26.8 Å². The lowest BCUT2D eigenvalue weighted by Gasteiger charge is -2.34. The van der Waals surface area contributed by atoms with Crippen LogP contribution in [0.15, 0.2) is 15.6 Å². The van der Waals surface area contributed by atoms with Gasteiger partial charge in [0.2, 0.25) is 0 Å². The van der Waals surface area contributed by atoms with E-state index in [1.54, 1.807) is 7.05 Å². The topological polar surface area (TPSA) is 101 Å². The SMILES string of the molecule is CN=C(NCc1cc(C(C)C)no1)N1CCC(OCCCNC(=O)OC(C)(C)C)CC1.I. The summed E-state index contributed by atoms with van der Waals surface area (Å²) in [4.78, 5) is 18.3. The van der Waals surface area contributed by atoms with Crippen molar-refractivity contribution in [3.8, 4) is 0 Å². The van der Waals surface area contributed by atoms with Crippen LogP contribution >= 0.6 is 24.0 Å². The Kier molecular flexibility index (Phi) is 12.3. The summed E-state index contributed by atoms with van der Waals surface area (Å²) >= 11 is 0. The van der Waals surface area contributed by atoms with Gasteiger partial charge in [0.15, 0.2) is 11.7 Å². The third-order valence-corrected chi connectivity index (χ3v) is 4.89. The molecule has 0 aromatic carbocycles. The van der Waals surface area contributed by atoms with Crippen molar-refractivity contribution in [2.45, 2.75) is 78.0 Å². The summed E-state index contributed by atoms with van der Waals surface area (Å²) < 4.78 is 16.6. The smallest absolute Gasteiger partial charge is 0.407 e. The predicted molar refractivity (Wildman–Crippen MR) is 136 cm³/mol. The van der Waals surface area contributed by atoms with Crippen molar-refractivity contribution in [3.05, 3.63) is 17.5 Å². The van der Waals surface area contributed by atoms with Crippen molar-refractivity contribution < 1.29 is 18.8 Å².